The van der Waals surface area contributed by atoms with Crippen molar-refractivity contribution >= 4 is 17.6 Å². The Hall–Kier alpha value is -2.55. The molecule has 0 heterocycles. The maximum Gasteiger partial charge on any atom is 0.322 e. The molecule has 0 bridgehead atoms. The van der Waals surface area contributed by atoms with Gasteiger partial charge < -0.3 is 15.2 Å². The Morgan fingerprint density at radius 3 is 2.00 bits per heavy atom. The van der Waals surface area contributed by atoms with Gasteiger partial charge in [0.15, 0.2) is 5.92 Å². The van der Waals surface area contributed by atoms with Gasteiger partial charge in [0.1, 0.15) is 0 Å². The third-order valence-electron chi connectivity index (χ3n) is 2.85. The number of rotatable bonds is 6. The van der Waals surface area contributed by atoms with Crippen LogP contribution in [0.4, 0.5) is 5.69 Å². The largest absolute Gasteiger partial charge is 0.465 e. The van der Waals surface area contributed by atoms with Crippen molar-refractivity contribution in [1.82, 2.24) is 0 Å². The molecule has 0 saturated carbocycles. The van der Waals surface area contributed by atoms with Crippen LogP contribution in [0.1, 0.15) is 25.3 Å². The van der Waals surface area contributed by atoms with E-state index in [0.29, 0.717) is 11.3 Å². The minimum atomic E-state index is -1.31. The van der Waals surface area contributed by atoms with E-state index in [-0.39, 0.29) is 13.2 Å². The third-order valence-corrected chi connectivity index (χ3v) is 2.85. The summed E-state index contributed by atoms with van der Waals surface area (Å²) in [6, 6.07) is 8.39. The zero-order chi connectivity index (χ0) is 15.8. The van der Waals surface area contributed by atoms with Gasteiger partial charge in [0, 0.05) is 5.69 Å². The molecule has 1 unspecified atom stereocenters. The van der Waals surface area contributed by atoms with Gasteiger partial charge in [-0.3, -0.25) is 9.59 Å². The Labute approximate surface area is 123 Å². The number of nitriles is 1. The van der Waals surface area contributed by atoms with Crippen molar-refractivity contribution in [3.05, 3.63) is 29.8 Å². The zero-order valence-corrected chi connectivity index (χ0v) is 12.0. The van der Waals surface area contributed by atoms with Crippen molar-refractivity contribution in [3.63, 3.8) is 0 Å². The molecule has 0 amide bonds. The van der Waals surface area contributed by atoms with Gasteiger partial charge in [0.2, 0.25) is 0 Å². The van der Waals surface area contributed by atoms with Gasteiger partial charge in [-0.15, -0.1) is 0 Å². The van der Waals surface area contributed by atoms with Crippen LogP contribution < -0.4 is 5.73 Å². The second-order valence-corrected chi connectivity index (χ2v) is 4.26. The maximum absolute atomic E-state index is 12.0. The number of nitrogens with zero attached hydrogens (tertiary/aromatic N) is 1. The lowest BCUT2D eigenvalue weighted by molar-refractivity contribution is -0.162. The molecule has 2 N–H and O–H groups in total. The van der Waals surface area contributed by atoms with Gasteiger partial charge in [-0.25, -0.2) is 0 Å². The molecule has 21 heavy (non-hydrogen) atoms. The molecule has 1 aromatic carbocycles. The fourth-order valence-corrected chi connectivity index (χ4v) is 1.88. The molecule has 0 spiro atoms. The Bertz CT molecular complexity index is 516. The standard InChI is InChI=1S/C15H18N2O4/c1-3-20-14(18)13(15(19)21-4-2)12(9-16)10-5-7-11(17)8-6-10/h5-8,12-13H,3-4,17H2,1-2H3. The maximum atomic E-state index is 12.0. The second-order valence-electron chi connectivity index (χ2n) is 4.26. The highest BCUT2D eigenvalue weighted by Crippen LogP contribution is 2.27. The monoisotopic (exact) mass is 290 g/mol. The van der Waals surface area contributed by atoms with Crippen LogP contribution in [0, 0.1) is 17.2 Å². The molecule has 6 heteroatoms. The zero-order valence-electron chi connectivity index (χ0n) is 12.0. The van der Waals surface area contributed by atoms with E-state index in [4.69, 9.17) is 15.2 Å². The fourth-order valence-electron chi connectivity index (χ4n) is 1.88. The highest BCUT2D eigenvalue weighted by Gasteiger charge is 2.38. The van der Waals surface area contributed by atoms with Crippen LogP contribution >= 0.6 is 0 Å². The molecule has 0 aliphatic carbocycles. The molecule has 0 saturated heterocycles. The van der Waals surface area contributed by atoms with Gasteiger partial charge in [-0.2, -0.15) is 5.26 Å². The summed E-state index contributed by atoms with van der Waals surface area (Å²) >= 11 is 0. The van der Waals surface area contributed by atoms with Crippen molar-refractivity contribution in [1.29, 1.82) is 5.26 Å². The number of anilines is 1. The topological polar surface area (TPSA) is 102 Å². The Balaban J connectivity index is 3.14. The van der Waals surface area contributed by atoms with E-state index in [2.05, 4.69) is 0 Å². The van der Waals surface area contributed by atoms with E-state index in [0.717, 1.165) is 0 Å². The number of carbonyl (C=O) groups is 2. The van der Waals surface area contributed by atoms with Crippen LogP contribution in [0.3, 0.4) is 0 Å². The molecule has 1 rings (SSSR count). The summed E-state index contributed by atoms with van der Waals surface area (Å²) in [5.74, 6) is -3.82. The first-order valence-electron chi connectivity index (χ1n) is 6.63. The normalized spacial score (nSPS) is 11.5. The average Bonchev–Trinajstić information content (AvgIpc) is 2.46. The molecule has 0 fully saturated rings. The first-order valence-corrected chi connectivity index (χ1v) is 6.63. The van der Waals surface area contributed by atoms with Gasteiger partial charge in [-0.1, -0.05) is 12.1 Å². The summed E-state index contributed by atoms with van der Waals surface area (Å²) in [5, 5.41) is 9.36. The van der Waals surface area contributed by atoms with Crippen molar-refractivity contribution in [2.45, 2.75) is 19.8 Å². The van der Waals surface area contributed by atoms with Gasteiger partial charge in [-0.05, 0) is 31.5 Å². The summed E-state index contributed by atoms with van der Waals surface area (Å²) in [7, 11) is 0. The van der Waals surface area contributed by atoms with Gasteiger partial charge >= 0.3 is 11.9 Å². The van der Waals surface area contributed by atoms with E-state index in [1.807, 2.05) is 6.07 Å². The van der Waals surface area contributed by atoms with Crippen LogP contribution in [0.2, 0.25) is 0 Å². The van der Waals surface area contributed by atoms with E-state index < -0.39 is 23.8 Å². The number of benzene rings is 1. The third kappa shape index (κ3) is 4.21. The van der Waals surface area contributed by atoms with Crippen molar-refractivity contribution in [2.24, 2.45) is 5.92 Å². The van der Waals surface area contributed by atoms with E-state index >= 15 is 0 Å². The number of nitrogens with two attached hydrogens (primary N) is 1. The van der Waals surface area contributed by atoms with E-state index in [1.165, 1.54) is 0 Å². The van der Waals surface area contributed by atoms with Crippen LogP contribution in [0.15, 0.2) is 24.3 Å². The van der Waals surface area contributed by atoms with E-state index in [1.54, 1.807) is 38.1 Å². The lowest BCUT2D eigenvalue weighted by atomic mass is 9.87. The average molecular weight is 290 g/mol. The molecule has 1 atom stereocenters. The molecular weight excluding hydrogens is 272 g/mol. The molecule has 0 aromatic heterocycles. The predicted octanol–water partition coefficient (Wildman–Crippen LogP) is 1.62. The van der Waals surface area contributed by atoms with Crippen LogP contribution in [-0.2, 0) is 19.1 Å². The quantitative estimate of drug-likeness (QED) is 0.485. The van der Waals surface area contributed by atoms with Crippen molar-refractivity contribution < 1.29 is 19.1 Å². The first kappa shape index (κ1) is 16.5. The molecular formula is C15H18N2O4. The Kier molecular flexibility index (Phi) is 6.21. The predicted molar refractivity (Wildman–Crippen MR) is 76.0 cm³/mol. The minimum absolute atomic E-state index is 0.120. The highest BCUT2D eigenvalue weighted by atomic mass is 16.6. The SMILES string of the molecule is CCOC(=O)C(C(=O)OCC)C(C#N)c1ccc(N)cc1. The lowest BCUT2D eigenvalue weighted by Gasteiger charge is -2.19. The minimum Gasteiger partial charge on any atom is -0.465 e. The van der Waals surface area contributed by atoms with Crippen molar-refractivity contribution in [3.8, 4) is 6.07 Å². The Morgan fingerprint density at radius 1 is 1.14 bits per heavy atom. The van der Waals surface area contributed by atoms with Crippen LogP contribution in [0.25, 0.3) is 0 Å². The summed E-state index contributed by atoms with van der Waals surface area (Å²) in [4.78, 5) is 24.0. The lowest BCUT2D eigenvalue weighted by Crippen LogP contribution is -2.33. The number of ether oxygens (including phenoxy) is 2. The molecule has 112 valence electrons. The smallest absolute Gasteiger partial charge is 0.322 e. The second kappa shape index (κ2) is 7.90. The summed E-state index contributed by atoms with van der Waals surface area (Å²) in [6.45, 7) is 3.50. The molecule has 0 aliphatic heterocycles. The van der Waals surface area contributed by atoms with Gasteiger partial charge in [0.25, 0.3) is 0 Å². The molecule has 6 nitrogen and oxygen atoms in total. The molecule has 0 radical (unpaired) electrons. The number of hydrogen-bond acceptors (Lipinski definition) is 6. The number of esters is 2. The van der Waals surface area contributed by atoms with E-state index in [9.17, 15) is 14.9 Å². The fraction of sp³-hybridized carbons (Fsp3) is 0.400. The Morgan fingerprint density at radius 2 is 1.62 bits per heavy atom. The number of carbonyl (C=O) groups excluding carboxylic acids is 2. The summed E-state index contributed by atoms with van der Waals surface area (Å²) in [6.07, 6.45) is 0. The number of hydrogen-bond donors (Lipinski definition) is 1. The first-order chi connectivity index (χ1) is 10.0. The number of nitrogen functional groups attached to an aromatic ring is 1. The van der Waals surface area contributed by atoms with Crippen LogP contribution in [-0.4, -0.2) is 25.2 Å². The molecule has 0 aliphatic rings. The molecule has 1 aromatic rings. The summed E-state index contributed by atoms with van der Waals surface area (Å²) in [5.41, 5.74) is 6.63. The van der Waals surface area contributed by atoms with Gasteiger partial charge in [0.05, 0.1) is 25.2 Å². The highest BCUT2D eigenvalue weighted by molar-refractivity contribution is 5.96. The van der Waals surface area contributed by atoms with Crippen molar-refractivity contribution in [2.75, 3.05) is 18.9 Å². The summed E-state index contributed by atoms with van der Waals surface area (Å²) < 4.78 is 9.77. The van der Waals surface area contributed by atoms with Crippen LogP contribution in [0.5, 0.6) is 0 Å².